The van der Waals surface area contributed by atoms with Crippen LogP contribution < -0.4 is 10.1 Å². The summed E-state index contributed by atoms with van der Waals surface area (Å²) in [6.07, 6.45) is 1.39. The Morgan fingerprint density at radius 3 is 2.96 bits per heavy atom. The van der Waals surface area contributed by atoms with Crippen molar-refractivity contribution in [2.24, 2.45) is 0 Å². The Morgan fingerprint density at radius 1 is 1.50 bits per heavy atom. The van der Waals surface area contributed by atoms with Crippen LogP contribution in [0, 0.1) is 0 Å². The summed E-state index contributed by atoms with van der Waals surface area (Å²) in [6.45, 7) is 3.10. The Kier molecular flexibility index (Phi) is 4.39. The molecule has 2 atom stereocenters. The molecule has 9 heteroatoms. The largest absolute Gasteiger partial charge is 0.471 e. The van der Waals surface area contributed by atoms with Crippen molar-refractivity contribution < 1.29 is 17.9 Å². The van der Waals surface area contributed by atoms with Gasteiger partial charge in [0.15, 0.2) is 0 Å². The number of amides is 2. The van der Waals surface area contributed by atoms with Crippen LogP contribution in [0.25, 0.3) is 0 Å². The van der Waals surface area contributed by atoms with Crippen LogP contribution >= 0.6 is 0 Å². The highest BCUT2D eigenvalue weighted by Gasteiger charge is 2.63. The van der Waals surface area contributed by atoms with Crippen LogP contribution in [0.5, 0.6) is 5.88 Å². The van der Waals surface area contributed by atoms with Gasteiger partial charge in [0.2, 0.25) is 15.9 Å². The third-order valence-electron chi connectivity index (χ3n) is 4.71. The normalized spacial score (nSPS) is 29.1. The Labute approximate surface area is 141 Å². The van der Waals surface area contributed by atoms with Gasteiger partial charge in [-0.2, -0.15) is 0 Å². The van der Waals surface area contributed by atoms with Gasteiger partial charge in [-0.1, -0.05) is 6.07 Å². The van der Waals surface area contributed by atoms with Gasteiger partial charge in [-0.15, -0.1) is 0 Å². The van der Waals surface area contributed by atoms with E-state index < -0.39 is 20.9 Å². The number of hydrogen-bond donors (Lipinski definition) is 1. The molecule has 2 amide bonds. The van der Waals surface area contributed by atoms with Gasteiger partial charge in [0, 0.05) is 38.9 Å². The first-order valence-corrected chi connectivity index (χ1v) is 9.41. The second kappa shape index (κ2) is 6.21. The molecule has 0 unspecified atom stereocenters. The average molecular weight is 354 g/mol. The van der Waals surface area contributed by atoms with E-state index in [9.17, 15) is 13.2 Å². The SMILES string of the molecule is CCNC(=O)N1CC[C@@]2(C1)[C@@H](Oc1ccccn1)CN(C)S2(=O)=O. The number of nitrogens with one attached hydrogen (secondary N) is 1. The Balaban J connectivity index is 1.88. The first-order valence-electron chi connectivity index (χ1n) is 7.97. The molecule has 1 spiro atoms. The molecule has 0 aromatic carbocycles. The van der Waals surface area contributed by atoms with Crippen LogP contribution in [0.4, 0.5) is 4.79 Å². The van der Waals surface area contributed by atoms with Crippen LogP contribution in [0.15, 0.2) is 24.4 Å². The zero-order valence-corrected chi connectivity index (χ0v) is 14.6. The summed E-state index contributed by atoms with van der Waals surface area (Å²) in [5, 5.41) is 2.72. The van der Waals surface area contributed by atoms with Crippen molar-refractivity contribution in [3.8, 4) is 5.88 Å². The molecule has 8 nitrogen and oxygen atoms in total. The predicted molar refractivity (Wildman–Crippen MR) is 88.2 cm³/mol. The Hall–Kier alpha value is -1.87. The summed E-state index contributed by atoms with van der Waals surface area (Å²) >= 11 is 0. The minimum Gasteiger partial charge on any atom is -0.471 e. The fourth-order valence-corrected chi connectivity index (χ4v) is 5.47. The lowest BCUT2D eigenvalue weighted by Crippen LogP contribution is -2.51. The van der Waals surface area contributed by atoms with E-state index in [1.165, 1.54) is 4.31 Å². The number of aromatic nitrogens is 1. The Morgan fingerprint density at radius 2 is 2.29 bits per heavy atom. The van der Waals surface area contributed by atoms with E-state index in [4.69, 9.17) is 4.74 Å². The molecule has 132 valence electrons. The smallest absolute Gasteiger partial charge is 0.317 e. The van der Waals surface area contributed by atoms with Crippen molar-refractivity contribution in [1.82, 2.24) is 19.5 Å². The number of hydrogen-bond acceptors (Lipinski definition) is 5. The molecule has 24 heavy (non-hydrogen) atoms. The Bertz CT molecular complexity index is 711. The van der Waals surface area contributed by atoms with Gasteiger partial charge in [-0.3, -0.25) is 0 Å². The fourth-order valence-electron chi connectivity index (χ4n) is 3.40. The van der Waals surface area contributed by atoms with Crippen LogP contribution in [-0.2, 0) is 10.0 Å². The minimum atomic E-state index is -3.56. The lowest BCUT2D eigenvalue weighted by Gasteiger charge is -2.28. The third kappa shape index (κ3) is 2.61. The minimum absolute atomic E-state index is 0.128. The predicted octanol–water partition coefficient (Wildman–Crippen LogP) is 0.278. The van der Waals surface area contributed by atoms with Crippen LogP contribution in [0.2, 0.25) is 0 Å². The lowest BCUT2D eigenvalue weighted by molar-refractivity contribution is 0.149. The molecule has 3 heterocycles. The van der Waals surface area contributed by atoms with Gasteiger partial charge in [0.05, 0.1) is 6.54 Å². The van der Waals surface area contributed by atoms with Crippen molar-refractivity contribution in [1.29, 1.82) is 0 Å². The fraction of sp³-hybridized carbons (Fsp3) is 0.600. The molecule has 0 bridgehead atoms. The van der Waals surface area contributed by atoms with Crippen molar-refractivity contribution in [2.75, 3.05) is 33.2 Å². The van der Waals surface area contributed by atoms with Gasteiger partial charge in [-0.05, 0) is 19.4 Å². The second-order valence-corrected chi connectivity index (χ2v) is 8.52. The number of urea groups is 1. The van der Waals surface area contributed by atoms with Gasteiger partial charge in [-0.25, -0.2) is 22.5 Å². The van der Waals surface area contributed by atoms with Crippen molar-refractivity contribution in [2.45, 2.75) is 24.2 Å². The number of nitrogens with zero attached hydrogens (tertiary/aromatic N) is 3. The van der Waals surface area contributed by atoms with Gasteiger partial charge in [0.25, 0.3) is 0 Å². The maximum Gasteiger partial charge on any atom is 0.317 e. The summed E-state index contributed by atoms with van der Waals surface area (Å²) in [5.41, 5.74) is 0. The molecule has 2 fully saturated rings. The highest BCUT2D eigenvalue weighted by Crippen LogP contribution is 2.41. The number of sulfonamides is 1. The molecule has 1 aromatic rings. The maximum absolute atomic E-state index is 12.9. The zero-order valence-electron chi connectivity index (χ0n) is 13.8. The second-order valence-electron chi connectivity index (χ2n) is 6.13. The van der Waals surface area contributed by atoms with Crippen LogP contribution in [0.3, 0.4) is 0 Å². The molecule has 0 aliphatic carbocycles. The van der Waals surface area contributed by atoms with Gasteiger partial charge < -0.3 is 15.0 Å². The molecule has 1 aromatic heterocycles. The molecule has 1 N–H and O–H groups in total. The van der Waals surface area contributed by atoms with Crippen molar-refractivity contribution in [3.05, 3.63) is 24.4 Å². The number of carbonyl (C=O) groups excluding carboxylic acids is 1. The zero-order chi connectivity index (χ0) is 17.4. The summed E-state index contributed by atoms with van der Waals surface area (Å²) in [6, 6.07) is 5.02. The van der Waals surface area contributed by atoms with Crippen LogP contribution in [0.1, 0.15) is 13.3 Å². The quantitative estimate of drug-likeness (QED) is 0.842. The van der Waals surface area contributed by atoms with E-state index >= 15 is 0 Å². The molecule has 0 radical (unpaired) electrons. The van der Waals surface area contributed by atoms with Gasteiger partial charge >= 0.3 is 6.03 Å². The number of carbonyl (C=O) groups is 1. The molecular formula is C15H22N4O4S. The third-order valence-corrected chi connectivity index (χ3v) is 7.31. The molecule has 2 saturated heterocycles. The topological polar surface area (TPSA) is 91.8 Å². The van der Waals surface area contributed by atoms with E-state index in [1.54, 1.807) is 36.3 Å². The van der Waals surface area contributed by atoms with Crippen molar-refractivity contribution in [3.63, 3.8) is 0 Å². The van der Waals surface area contributed by atoms with E-state index in [2.05, 4.69) is 10.3 Å². The molecular weight excluding hydrogens is 332 g/mol. The average Bonchev–Trinajstić information content (AvgIpc) is 3.08. The number of likely N-dealkylation sites (tertiary alicyclic amines) is 1. The van der Waals surface area contributed by atoms with E-state index in [0.29, 0.717) is 25.4 Å². The maximum atomic E-state index is 12.9. The highest BCUT2D eigenvalue weighted by atomic mass is 32.2. The molecule has 2 aliphatic heterocycles. The number of rotatable bonds is 3. The summed E-state index contributed by atoms with van der Waals surface area (Å²) in [7, 11) is -2.01. The van der Waals surface area contributed by atoms with E-state index in [-0.39, 0.29) is 19.1 Å². The molecule has 2 aliphatic rings. The van der Waals surface area contributed by atoms with Crippen LogP contribution in [-0.4, -0.2) is 72.7 Å². The first kappa shape index (κ1) is 17.0. The lowest BCUT2D eigenvalue weighted by atomic mass is 10.0. The molecule has 0 saturated carbocycles. The first-order chi connectivity index (χ1) is 11.4. The monoisotopic (exact) mass is 354 g/mol. The standard InChI is InChI=1S/C15H22N4O4S/c1-3-16-14(20)19-9-7-15(11-19)12(10-18(2)24(15,21)22)23-13-6-4-5-8-17-13/h4-6,8,12H,3,7,9-11H2,1-2H3,(H,16,20)/t12-,15+/m0/s1. The number of pyridine rings is 1. The van der Waals surface area contributed by atoms with E-state index in [0.717, 1.165) is 0 Å². The number of likely N-dealkylation sites (N-methyl/N-ethyl adjacent to an activating group) is 1. The summed E-state index contributed by atoms with van der Waals surface area (Å²) in [5.74, 6) is 0.392. The van der Waals surface area contributed by atoms with E-state index in [1.807, 2.05) is 6.92 Å². The summed E-state index contributed by atoms with van der Waals surface area (Å²) < 4.78 is 31.9. The van der Waals surface area contributed by atoms with Gasteiger partial charge in [0.1, 0.15) is 10.9 Å². The number of ether oxygens (including phenoxy) is 1. The van der Waals surface area contributed by atoms with Crippen molar-refractivity contribution >= 4 is 16.1 Å². The molecule has 3 rings (SSSR count). The summed E-state index contributed by atoms with van der Waals surface area (Å²) in [4.78, 5) is 17.8. The highest BCUT2D eigenvalue weighted by molar-refractivity contribution is 7.90.